The summed E-state index contributed by atoms with van der Waals surface area (Å²) in [6.45, 7) is 2.64. The molecule has 0 aliphatic rings. The van der Waals surface area contributed by atoms with Crippen LogP contribution < -0.4 is 5.32 Å². The zero-order valence-corrected chi connectivity index (χ0v) is 11.3. The van der Waals surface area contributed by atoms with Gasteiger partial charge in [-0.25, -0.2) is 4.98 Å². The summed E-state index contributed by atoms with van der Waals surface area (Å²) in [4.78, 5) is 8.29. The van der Waals surface area contributed by atoms with E-state index in [1.807, 2.05) is 12.3 Å². The van der Waals surface area contributed by atoms with Crippen molar-refractivity contribution in [1.82, 2.24) is 20.2 Å². The molecule has 0 unspecified atom stereocenters. The van der Waals surface area contributed by atoms with Gasteiger partial charge in [0, 0.05) is 24.0 Å². The lowest BCUT2D eigenvalue weighted by atomic mass is 10.4. The van der Waals surface area contributed by atoms with Crippen LogP contribution in [-0.2, 0) is 6.42 Å². The quantitative estimate of drug-likeness (QED) is 0.937. The standard InChI is InChI=1S/C9H9Cl2N5S/c1-5-4-17-6(13-5)2-3-12-8-7(10)15-16-9(11)14-8/h4H,2-3H2,1H3,(H,12,14,16). The van der Waals surface area contributed by atoms with Gasteiger partial charge in [-0.1, -0.05) is 11.6 Å². The minimum Gasteiger partial charge on any atom is -0.367 e. The largest absolute Gasteiger partial charge is 0.367 e. The van der Waals surface area contributed by atoms with Gasteiger partial charge >= 0.3 is 0 Å². The fourth-order valence-corrected chi connectivity index (χ4v) is 2.26. The molecule has 0 spiro atoms. The van der Waals surface area contributed by atoms with Crippen LogP contribution in [0.25, 0.3) is 0 Å². The average Bonchev–Trinajstić information content (AvgIpc) is 2.69. The molecule has 0 bridgehead atoms. The Hall–Kier alpha value is -0.980. The number of halogens is 2. The molecule has 2 aromatic heterocycles. The van der Waals surface area contributed by atoms with Gasteiger partial charge in [0.1, 0.15) is 0 Å². The second-order valence-corrected chi connectivity index (χ2v) is 4.92. The molecule has 5 nitrogen and oxygen atoms in total. The molecule has 1 N–H and O–H groups in total. The highest BCUT2D eigenvalue weighted by Crippen LogP contribution is 2.16. The molecule has 0 fully saturated rings. The monoisotopic (exact) mass is 289 g/mol. The van der Waals surface area contributed by atoms with Gasteiger partial charge in [0.15, 0.2) is 11.0 Å². The summed E-state index contributed by atoms with van der Waals surface area (Å²) in [7, 11) is 0. The zero-order valence-electron chi connectivity index (χ0n) is 8.94. The van der Waals surface area contributed by atoms with Crippen molar-refractivity contribution in [2.24, 2.45) is 0 Å². The Kier molecular flexibility index (Phi) is 4.09. The lowest BCUT2D eigenvalue weighted by Gasteiger charge is -2.04. The van der Waals surface area contributed by atoms with E-state index in [4.69, 9.17) is 23.2 Å². The number of thiazole rings is 1. The van der Waals surface area contributed by atoms with E-state index in [1.54, 1.807) is 11.3 Å². The summed E-state index contributed by atoms with van der Waals surface area (Å²) in [5, 5.41) is 13.6. The maximum absolute atomic E-state index is 5.81. The van der Waals surface area contributed by atoms with Crippen LogP contribution in [0.5, 0.6) is 0 Å². The van der Waals surface area contributed by atoms with Crippen molar-refractivity contribution >= 4 is 40.4 Å². The first-order valence-corrected chi connectivity index (χ1v) is 6.49. The van der Waals surface area contributed by atoms with Gasteiger partial charge in [0.25, 0.3) is 0 Å². The Morgan fingerprint density at radius 2 is 2.12 bits per heavy atom. The van der Waals surface area contributed by atoms with E-state index in [0.29, 0.717) is 12.4 Å². The number of nitrogens with one attached hydrogen (secondary N) is 1. The van der Waals surface area contributed by atoms with Crippen molar-refractivity contribution in [3.05, 3.63) is 26.5 Å². The third kappa shape index (κ3) is 3.49. The van der Waals surface area contributed by atoms with Crippen molar-refractivity contribution in [2.45, 2.75) is 13.3 Å². The number of nitrogens with zero attached hydrogens (tertiary/aromatic N) is 4. The van der Waals surface area contributed by atoms with Gasteiger partial charge in [-0.3, -0.25) is 0 Å². The molecule has 0 aromatic carbocycles. The molecular formula is C9H9Cl2N5S. The maximum atomic E-state index is 5.81. The Balaban J connectivity index is 1.91. The van der Waals surface area contributed by atoms with E-state index in [-0.39, 0.29) is 10.4 Å². The maximum Gasteiger partial charge on any atom is 0.245 e. The van der Waals surface area contributed by atoms with Gasteiger partial charge in [-0.05, 0) is 18.5 Å². The van der Waals surface area contributed by atoms with Crippen LogP contribution in [0.15, 0.2) is 5.38 Å². The number of hydrogen-bond acceptors (Lipinski definition) is 6. The Bertz CT molecular complexity index is 516. The summed E-state index contributed by atoms with van der Waals surface area (Å²) in [5.74, 6) is 0.444. The van der Waals surface area contributed by atoms with E-state index >= 15 is 0 Å². The topological polar surface area (TPSA) is 63.6 Å². The fraction of sp³-hybridized carbons (Fsp3) is 0.333. The summed E-state index contributed by atoms with van der Waals surface area (Å²) in [6, 6.07) is 0. The molecule has 0 amide bonds. The zero-order chi connectivity index (χ0) is 12.3. The Morgan fingerprint density at radius 3 is 2.82 bits per heavy atom. The molecule has 0 saturated carbocycles. The predicted octanol–water partition coefficient (Wildman–Crippen LogP) is 2.60. The number of aryl methyl sites for hydroxylation is 1. The SMILES string of the molecule is Cc1csc(CCNc2nc(Cl)nnc2Cl)n1. The van der Waals surface area contributed by atoms with Crippen molar-refractivity contribution in [2.75, 3.05) is 11.9 Å². The molecule has 17 heavy (non-hydrogen) atoms. The van der Waals surface area contributed by atoms with Crippen LogP contribution in [0.3, 0.4) is 0 Å². The first-order chi connectivity index (χ1) is 8.15. The molecular weight excluding hydrogens is 281 g/mol. The van der Waals surface area contributed by atoms with Crippen molar-refractivity contribution < 1.29 is 0 Å². The molecule has 2 rings (SSSR count). The third-order valence-electron chi connectivity index (χ3n) is 1.92. The number of aromatic nitrogens is 4. The smallest absolute Gasteiger partial charge is 0.245 e. The lowest BCUT2D eigenvalue weighted by molar-refractivity contribution is 0.937. The molecule has 0 saturated heterocycles. The summed E-state index contributed by atoms with van der Waals surface area (Å²) < 4.78 is 0. The molecule has 0 radical (unpaired) electrons. The summed E-state index contributed by atoms with van der Waals surface area (Å²) in [5.41, 5.74) is 1.04. The minimum atomic E-state index is 0.0713. The van der Waals surface area contributed by atoms with Crippen LogP contribution in [0.1, 0.15) is 10.7 Å². The molecule has 0 aliphatic carbocycles. The number of rotatable bonds is 4. The predicted molar refractivity (Wildman–Crippen MR) is 68.9 cm³/mol. The van der Waals surface area contributed by atoms with Crippen molar-refractivity contribution in [1.29, 1.82) is 0 Å². The van der Waals surface area contributed by atoms with Crippen molar-refractivity contribution in [3.63, 3.8) is 0 Å². The van der Waals surface area contributed by atoms with Gasteiger partial charge in [0.05, 0.1) is 5.01 Å². The third-order valence-corrected chi connectivity index (χ3v) is 3.36. The fourth-order valence-electron chi connectivity index (χ4n) is 1.21. The van der Waals surface area contributed by atoms with Crippen LogP contribution in [0, 0.1) is 6.92 Å². The molecule has 2 heterocycles. The Morgan fingerprint density at radius 1 is 1.29 bits per heavy atom. The van der Waals surface area contributed by atoms with Gasteiger partial charge in [0.2, 0.25) is 5.28 Å². The van der Waals surface area contributed by atoms with E-state index in [9.17, 15) is 0 Å². The summed E-state index contributed by atoms with van der Waals surface area (Å²) >= 11 is 13.1. The molecule has 8 heteroatoms. The normalized spacial score (nSPS) is 10.5. The molecule has 2 aromatic rings. The number of hydrogen-bond donors (Lipinski definition) is 1. The molecule has 90 valence electrons. The number of anilines is 1. The van der Waals surface area contributed by atoms with Gasteiger partial charge in [-0.15, -0.1) is 21.5 Å². The van der Waals surface area contributed by atoms with E-state index in [0.717, 1.165) is 17.1 Å². The highest BCUT2D eigenvalue weighted by molar-refractivity contribution is 7.09. The van der Waals surface area contributed by atoms with E-state index in [2.05, 4.69) is 25.5 Å². The molecule has 0 atom stereocenters. The summed E-state index contributed by atoms with van der Waals surface area (Å²) in [6.07, 6.45) is 0.802. The first-order valence-electron chi connectivity index (χ1n) is 4.86. The van der Waals surface area contributed by atoms with E-state index < -0.39 is 0 Å². The van der Waals surface area contributed by atoms with Crippen molar-refractivity contribution in [3.8, 4) is 0 Å². The second-order valence-electron chi connectivity index (χ2n) is 3.28. The van der Waals surface area contributed by atoms with Gasteiger partial charge in [-0.2, -0.15) is 4.98 Å². The van der Waals surface area contributed by atoms with Crippen LogP contribution in [0.2, 0.25) is 10.4 Å². The second kappa shape index (κ2) is 5.57. The minimum absolute atomic E-state index is 0.0713. The first kappa shape index (κ1) is 12.5. The Labute approximate surface area is 112 Å². The van der Waals surface area contributed by atoms with Crippen LogP contribution in [0.4, 0.5) is 5.82 Å². The highest BCUT2D eigenvalue weighted by Gasteiger charge is 2.05. The average molecular weight is 290 g/mol. The van der Waals surface area contributed by atoms with Gasteiger partial charge < -0.3 is 5.32 Å². The van der Waals surface area contributed by atoms with Crippen LogP contribution in [-0.4, -0.2) is 26.7 Å². The molecule has 0 aliphatic heterocycles. The van der Waals surface area contributed by atoms with E-state index in [1.165, 1.54) is 0 Å². The van der Waals surface area contributed by atoms with Crippen LogP contribution >= 0.6 is 34.5 Å². The highest BCUT2D eigenvalue weighted by atomic mass is 35.5. The lowest BCUT2D eigenvalue weighted by Crippen LogP contribution is -2.08.